The van der Waals surface area contributed by atoms with Crippen LogP contribution in [0.4, 0.5) is 5.69 Å². The average molecular weight is 388 g/mol. The first-order chi connectivity index (χ1) is 13.5. The van der Waals surface area contributed by atoms with Gasteiger partial charge >= 0.3 is 5.97 Å². The van der Waals surface area contributed by atoms with E-state index in [9.17, 15) is 9.59 Å². The quantitative estimate of drug-likeness (QED) is 0.787. The molecule has 0 aromatic heterocycles. The van der Waals surface area contributed by atoms with Crippen LogP contribution in [0.25, 0.3) is 0 Å². The molecule has 28 heavy (non-hydrogen) atoms. The average Bonchev–Trinajstić information content (AvgIpc) is 2.71. The molecule has 1 aromatic carbocycles. The van der Waals surface area contributed by atoms with Gasteiger partial charge in [0.15, 0.2) is 0 Å². The maximum atomic E-state index is 12.5. The smallest absolute Gasteiger partial charge is 0.337 e. The molecule has 154 valence electrons. The van der Waals surface area contributed by atoms with Crippen molar-refractivity contribution in [3.63, 3.8) is 0 Å². The van der Waals surface area contributed by atoms with Crippen molar-refractivity contribution < 1.29 is 14.3 Å². The Hall–Kier alpha value is -2.08. The third-order valence-corrected chi connectivity index (χ3v) is 6.22. The van der Waals surface area contributed by atoms with E-state index in [2.05, 4.69) is 29.0 Å². The Morgan fingerprint density at radius 1 is 1.11 bits per heavy atom. The Morgan fingerprint density at radius 3 is 2.46 bits per heavy atom. The predicted octanol–water partition coefficient (Wildman–Crippen LogP) is 2.68. The number of carbonyl (C=O) groups is 2. The van der Waals surface area contributed by atoms with Gasteiger partial charge in [0.1, 0.15) is 0 Å². The number of benzene rings is 1. The maximum absolute atomic E-state index is 12.5. The number of nitrogens with zero attached hydrogens (tertiary/aromatic N) is 2. The van der Waals surface area contributed by atoms with E-state index < -0.39 is 0 Å². The third kappa shape index (κ3) is 5.04. The second-order valence-electron chi connectivity index (χ2n) is 8.24. The highest BCUT2D eigenvalue weighted by Crippen LogP contribution is 2.24. The summed E-state index contributed by atoms with van der Waals surface area (Å²) in [6.45, 7) is 7.48. The molecular weight excluding hydrogens is 354 g/mol. The summed E-state index contributed by atoms with van der Waals surface area (Å²) < 4.78 is 4.75. The second-order valence-corrected chi connectivity index (χ2v) is 8.24. The Bertz CT molecular complexity index is 676. The van der Waals surface area contributed by atoms with Crippen LogP contribution in [0.3, 0.4) is 0 Å². The van der Waals surface area contributed by atoms with Crippen molar-refractivity contribution in [2.75, 3.05) is 38.2 Å². The molecule has 1 saturated heterocycles. The number of piperazine rings is 1. The zero-order valence-corrected chi connectivity index (χ0v) is 17.3. The van der Waals surface area contributed by atoms with Gasteiger partial charge in [-0.05, 0) is 49.9 Å². The summed E-state index contributed by atoms with van der Waals surface area (Å²) in [6, 6.07) is 8.17. The molecule has 1 heterocycles. The maximum Gasteiger partial charge on any atom is 0.337 e. The van der Waals surface area contributed by atoms with Gasteiger partial charge in [0.25, 0.3) is 0 Å². The van der Waals surface area contributed by atoms with Crippen molar-refractivity contribution in [1.82, 2.24) is 10.2 Å². The number of methoxy groups -OCH3 is 1. The number of esters is 1. The minimum atomic E-state index is -0.317. The molecule has 3 rings (SSSR count). The van der Waals surface area contributed by atoms with Gasteiger partial charge in [-0.25, -0.2) is 4.79 Å². The van der Waals surface area contributed by atoms with Crippen LogP contribution in [0.15, 0.2) is 24.3 Å². The molecule has 1 aliphatic heterocycles. The molecule has 3 unspecified atom stereocenters. The van der Waals surface area contributed by atoms with Gasteiger partial charge in [0.2, 0.25) is 5.91 Å². The van der Waals surface area contributed by atoms with E-state index in [1.54, 1.807) is 12.1 Å². The Morgan fingerprint density at radius 2 is 1.82 bits per heavy atom. The van der Waals surface area contributed by atoms with Crippen molar-refractivity contribution in [2.45, 2.75) is 51.6 Å². The molecule has 2 aliphatic rings. The Kier molecular flexibility index (Phi) is 6.94. The molecule has 6 heteroatoms. The van der Waals surface area contributed by atoms with Crippen LogP contribution in [-0.4, -0.2) is 62.1 Å². The highest BCUT2D eigenvalue weighted by atomic mass is 16.5. The molecule has 1 aliphatic carbocycles. The molecule has 1 amide bonds. The van der Waals surface area contributed by atoms with Crippen LogP contribution >= 0.6 is 0 Å². The Balaban J connectivity index is 1.50. The Labute approximate surface area is 168 Å². The first-order valence-corrected chi connectivity index (χ1v) is 10.4. The molecule has 2 fully saturated rings. The first kappa shape index (κ1) is 20.6. The fourth-order valence-corrected chi connectivity index (χ4v) is 4.36. The summed E-state index contributed by atoms with van der Waals surface area (Å²) >= 11 is 0. The highest BCUT2D eigenvalue weighted by molar-refractivity contribution is 5.89. The highest BCUT2D eigenvalue weighted by Gasteiger charge is 2.28. The lowest BCUT2D eigenvalue weighted by atomic mass is 9.86. The predicted molar refractivity (Wildman–Crippen MR) is 111 cm³/mol. The summed E-state index contributed by atoms with van der Waals surface area (Å²) in [5.74, 6) is 0.421. The summed E-state index contributed by atoms with van der Waals surface area (Å²) in [4.78, 5) is 28.7. The molecule has 1 saturated carbocycles. The van der Waals surface area contributed by atoms with E-state index in [0.717, 1.165) is 31.7 Å². The molecule has 0 bridgehead atoms. The molecule has 6 nitrogen and oxygen atoms in total. The minimum Gasteiger partial charge on any atom is -0.465 e. The summed E-state index contributed by atoms with van der Waals surface area (Å²) in [6.07, 6.45) is 4.83. The lowest BCUT2D eigenvalue weighted by Gasteiger charge is -2.41. The van der Waals surface area contributed by atoms with E-state index in [-0.39, 0.29) is 11.9 Å². The van der Waals surface area contributed by atoms with E-state index in [0.29, 0.717) is 30.1 Å². The number of carbonyl (C=O) groups excluding carboxylic acids is 2. The van der Waals surface area contributed by atoms with Gasteiger partial charge in [-0.15, -0.1) is 0 Å². The fourth-order valence-electron chi connectivity index (χ4n) is 4.36. The van der Waals surface area contributed by atoms with Crippen molar-refractivity contribution in [3.05, 3.63) is 29.8 Å². The van der Waals surface area contributed by atoms with Crippen LogP contribution in [0, 0.1) is 5.92 Å². The number of ether oxygens (including phenoxy) is 1. The summed E-state index contributed by atoms with van der Waals surface area (Å²) in [5, 5.41) is 3.26. The van der Waals surface area contributed by atoms with Gasteiger partial charge < -0.3 is 15.0 Å². The number of amides is 1. The molecule has 3 atom stereocenters. The van der Waals surface area contributed by atoms with Crippen LogP contribution in [-0.2, 0) is 9.53 Å². The number of hydrogen-bond donors (Lipinski definition) is 1. The van der Waals surface area contributed by atoms with Crippen LogP contribution in [0.1, 0.15) is 49.9 Å². The molecule has 0 radical (unpaired) electrons. The summed E-state index contributed by atoms with van der Waals surface area (Å²) in [7, 11) is 1.39. The number of hydrogen-bond acceptors (Lipinski definition) is 5. The van der Waals surface area contributed by atoms with Crippen molar-refractivity contribution in [1.29, 1.82) is 0 Å². The molecule has 1 aromatic rings. The van der Waals surface area contributed by atoms with Crippen molar-refractivity contribution >= 4 is 17.6 Å². The lowest BCUT2D eigenvalue weighted by Crippen LogP contribution is -2.55. The van der Waals surface area contributed by atoms with Gasteiger partial charge in [0.05, 0.1) is 19.2 Å². The minimum absolute atomic E-state index is 0.154. The number of nitrogens with one attached hydrogen (secondary N) is 1. The van der Waals surface area contributed by atoms with Gasteiger partial charge in [-0.1, -0.05) is 19.8 Å². The first-order valence-electron chi connectivity index (χ1n) is 10.4. The van der Waals surface area contributed by atoms with Crippen molar-refractivity contribution in [3.8, 4) is 0 Å². The van der Waals surface area contributed by atoms with Gasteiger partial charge in [0, 0.05) is 37.4 Å². The van der Waals surface area contributed by atoms with E-state index >= 15 is 0 Å². The van der Waals surface area contributed by atoms with Gasteiger partial charge in [-0.2, -0.15) is 0 Å². The lowest BCUT2D eigenvalue weighted by molar-refractivity contribution is -0.124. The monoisotopic (exact) mass is 387 g/mol. The molecular formula is C22H33N3O3. The van der Waals surface area contributed by atoms with Crippen molar-refractivity contribution in [2.24, 2.45) is 5.92 Å². The standard InChI is InChI=1S/C22H33N3O3/c1-16-6-4-5-7-20(16)23-21(26)15-24-12-13-25(14-17(24)2)19-10-8-18(9-11-19)22(27)28-3/h8-11,16-17,20H,4-7,12-15H2,1-3H3,(H,23,26). The second kappa shape index (κ2) is 9.41. The van der Waals surface area contributed by atoms with E-state index in [4.69, 9.17) is 4.74 Å². The summed E-state index contributed by atoms with van der Waals surface area (Å²) in [5.41, 5.74) is 1.66. The zero-order valence-electron chi connectivity index (χ0n) is 17.3. The normalized spacial score (nSPS) is 26.0. The molecule has 1 N–H and O–H groups in total. The fraction of sp³-hybridized carbons (Fsp3) is 0.636. The van der Waals surface area contributed by atoms with E-state index in [1.807, 2.05) is 12.1 Å². The number of rotatable bonds is 5. The van der Waals surface area contributed by atoms with Crippen LogP contribution < -0.4 is 10.2 Å². The number of anilines is 1. The van der Waals surface area contributed by atoms with Gasteiger partial charge in [-0.3, -0.25) is 9.69 Å². The SMILES string of the molecule is COC(=O)c1ccc(N2CCN(CC(=O)NC3CCCCC3C)C(C)C2)cc1. The third-order valence-electron chi connectivity index (χ3n) is 6.22. The largest absolute Gasteiger partial charge is 0.465 e. The van der Waals surface area contributed by atoms with Crippen LogP contribution in [0.5, 0.6) is 0 Å². The topological polar surface area (TPSA) is 61.9 Å². The molecule has 0 spiro atoms. The van der Waals surface area contributed by atoms with E-state index in [1.165, 1.54) is 26.4 Å². The van der Waals surface area contributed by atoms with Crippen LogP contribution in [0.2, 0.25) is 0 Å². The zero-order chi connectivity index (χ0) is 20.1.